The van der Waals surface area contributed by atoms with Crippen LogP contribution in [0, 0.1) is 0 Å². The van der Waals surface area contributed by atoms with Crippen molar-refractivity contribution >= 4 is 22.1 Å². The van der Waals surface area contributed by atoms with Gasteiger partial charge in [0.15, 0.2) is 5.78 Å². The Morgan fingerprint density at radius 3 is 1.95 bits per heavy atom. The largest absolute Gasteiger partial charge is 0.289 e. The van der Waals surface area contributed by atoms with Gasteiger partial charge in [-0.2, -0.15) is 0 Å². The number of carbonyl (C=O) groups excluding carboxylic acids is 1. The van der Waals surface area contributed by atoms with Gasteiger partial charge in [0.05, 0.1) is 0 Å². The minimum atomic E-state index is 0.260. The molecule has 1 heteroatoms. The van der Waals surface area contributed by atoms with Crippen LogP contribution in [0.15, 0.2) is 42.0 Å². The summed E-state index contributed by atoms with van der Waals surface area (Å²) in [5.74, 6) is 0.260. The standard InChI is InChI=1S/C19H20O/c1-3-7-15-16(8-4-2)19(20)18-12-14-10-6-5-9-13(14)11-17(15)18/h5-6,9-12H,3-4,7-8H2,1-2H3. The van der Waals surface area contributed by atoms with Gasteiger partial charge in [0, 0.05) is 11.1 Å². The Morgan fingerprint density at radius 2 is 1.35 bits per heavy atom. The van der Waals surface area contributed by atoms with E-state index >= 15 is 0 Å². The van der Waals surface area contributed by atoms with Crippen LogP contribution in [0.3, 0.4) is 0 Å². The molecule has 2 aromatic rings. The molecule has 0 radical (unpaired) electrons. The van der Waals surface area contributed by atoms with Gasteiger partial charge in [0.25, 0.3) is 0 Å². The van der Waals surface area contributed by atoms with E-state index in [9.17, 15) is 4.79 Å². The first kappa shape index (κ1) is 13.1. The predicted molar refractivity (Wildman–Crippen MR) is 85.0 cm³/mol. The number of benzene rings is 2. The first-order valence-electron chi connectivity index (χ1n) is 7.56. The highest BCUT2D eigenvalue weighted by molar-refractivity contribution is 6.22. The molecule has 1 nitrogen and oxygen atoms in total. The summed E-state index contributed by atoms with van der Waals surface area (Å²) in [6.45, 7) is 4.32. The third-order valence-electron chi connectivity index (χ3n) is 4.09. The van der Waals surface area contributed by atoms with E-state index in [0.29, 0.717) is 0 Å². The maximum Gasteiger partial charge on any atom is 0.189 e. The minimum absolute atomic E-state index is 0.260. The van der Waals surface area contributed by atoms with E-state index in [-0.39, 0.29) is 5.78 Å². The van der Waals surface area contributed by atoms with Crippen molar-refractivity contribution in [1.29, 1.82) is 0 Å². The molecule has 0 spiro atoms. The minimum Gasteiger partial charge on any atom is -0.289 e. The fourth-order valence-corrected chi connectivity index (χ4v) is 3.19. The highest BCUT2D eigenvalue weighted by atomic mass is 16.1. The van der Waals surface area contributed by atoms with Gasteiger partial charge in [0.1, 0.15) is 0 Å². The number of rotatable bonds is 4. The molecule has 2 aromatic carbocycles. The van der Waals surface area contributed by atoms with Gasteiger partial charge in [-0.1, -0.05) is 51.0 Å². The number of ketones is 1. The van der Waals surface area contributed by atoms with Crippen molar-refractivity contribution in [2.45, 2.75) is 39.5 Å². The second-order valence-electron chi connectivity index (χ2n) is 5.53. The molecule has 0 saturated heterocycles. The topological polar surface area (TPSA) is 17.1 Å². The van der Waals surface area contributed by atoms with Crippen molar-refractivity contribution in [1.82, 2.24) is 0 Å². The summed E-state index contributed by atoms with van der Waals surface area (Å²) in [6, 6.07) is 12.6. The van der Waals surface area contributed by atoms with Crippen molar-refractivity contribution in [3.05, 3.63) is 53.1 Å². The van der Waals surface area contributed by atoms with Crippen LogP contribution >= 0.6 is 0 Å². The summed E-state index contributed by atoms with van der Waals surface area (Å²) >= 11 is 0. The van der Waals surface area contributed by atoms with Crippen LogP contribution in [0.5, 0.6) is 0 Å². The smallest absolute Gasteiger partial charge is 0.189 e. The van der Waals surface area contributed by atoms with Crippen LogP contribution in [-0.2, 0) is 0 Å². The van der Waals surface area contributed by atoms with Crippen LogP contribution in [0.2, 0.25) is 0 Å². The molecule has 0 fully saturated rings. The lowest BCUT2D eigenvalue weighted by Gasteiger charge is -2.07. The zero-order chi connectivity index (χ0) is 14.1. The molecule has 0 bridgehead atoms. The fraction of sp³-hybridized carbons (Fsp3) is 0.316. The third-order valence-corrected chi connectivity index (χ3v) is 4.09. The van der Waals surface area contributed by atoms with Crippen molar-refractivity contribution in [3.63, 3.8) is 0 Å². The van der Waals surface area contributed by atoms with Crippen molar-refractivity contribution in [3.8, 4) is 0 Å². The van der Waals surface area contributed by atoms with Gasteiger partial charge in [-0.3, -0.25) is 4.79 Å². The lowest BCUT2D eigenvalue weighted by atomic mass is 9.97. The van der Waals surface area contributed by atoms with Crippen molar-refractivity contribution in [2.75, 3.05) is 0 Å². The van der Waals surface area contributed by atoms with Gasteiger partial charge >= 0.3 is 0 Å². The van der Waals surface area contributed by atoms with Crippen molar-refractivity contribution < 1.29 is 4.79 Å². The molecule has 20 heavy (non-hydrogen) atoms. The van der Waals surface area contributed by atoms with E-state index in [1.807, 2.05) is 6.07 Å². The Balaban J connectivity index is 2.21. The van der Waals surface area contributed by atoms with Crippen LogP contribution in [0.1, 0.15) is 55.5 Å². The Kier molecular flexibility index (Phi) is 3.43. The molecule has 0 heterocycles. The number of carbonyl (C=O) groups is 1. The number of fused-ring (bicyclic) bond motifs is 2. The molecular weight excluding hydrogens is 244 g/mol. The van der Waals surface area contributed by atoms with Gasteiger partial charge < -0.3 is 0 Å². The highest BCUT2D eigenvalue weighted by Gasteiger charge is 2.28. The summed E-state index contributed by atoms with van der Waals surface area (Å²) in [5.41, 5.74) is 4.44. The molecule has 0 aromatic heterocycles. The molecule has 3 rings (SSSR count). The Hall–Kier alpha value is -1.89. The van der Waals surface area contributed by atoms with E-state index in [4.69, 9.17) is 0 Å². The fourth-order valence-electron chi connectivity index (χ4n) is 3.19. The van der Waals surface area contributed by atoms with Gasteiger partial charge in [-0.15, -0.1) is 0 Å². The monoisotopic (exact) mass is 264 g/mol. The van der Waals surface area contributed by atoms with Gasteiger partial charge in [-0.05, 0) is 46.9 Å². The molecule has 102 valence electrons. The molecule has 0 aliphatic heterocycles. The molecule has 0 N–H and O–H groups in total. The number of hydrogen-bond donors (Lipinski definition) is 0. The predicted octanol–water partition coefficient (Wildman–Crippen LogP) is 5.39. The number of Topliss-reactive ketones (excluding diaryl/α,β-unsaturated/α-hetero) is 1. The van der Waals surface area contributed by atoms with E-state index in [1.54, 1.807) is 0 Å². The normalized spacial score (nSPS) is 14.2. The first-order valence-corrected chi connectivity index (χ1v) is 7.56. The number of allylic oxidation sites excluding steroid dienone is 2. The Labute approximate surface area is 120 Å². The zero-order valence-electron chi connectivity index (χ0n) is 12.2. The second-order valence-corrected chi connectivity index (χ2v) is 5.53. The van der Waals surface area contributed by atoms with E-state index in [2.05, 4.69) is 44.2 Å². The molecular formula is C19H20O. The van der Waals surface area contributed by atoms with Gasteiger partial charge in [-0.25, -0.2) is 0 Å². The first-order chi connectivity index (χ1) is 9.76. The van der Waals surface area contributed by atoms with Crippen LogP contribution < -0.4 is 0 Å². The SMILES string of the molecule is CCCC1=C(CCC)c2cc3ccccc3cc2C1=O. The lowest BCUT2D eigenvalue weighted by molar-refractivity contribution is 0.103. The molecule has 0 unspecified atom stereocenters. The van der Waals surface area contributed by atoms with Crippen LogP contribution in [0.4, 0.5) is 0 Å². The van der Waals surface area contributed by atoms with E-state index in [1.165, 1.54) is 16.5 Å². The van der Waals surface area contributed by atoms with Crippen LogP contribution in [-0.4, -0.2) is 5.78 Å². The van der Waals surface area contributed by atoms with E-state index in [0.717, 1.165) is 42.2 Å². The van der Waals surface area contributed by atoms with E-state index < -0.39 is 0 Å². The summed E-state index contributed by atoms with van der Waals surface area (Å²) in [5, 5.41) is 2.39. The lowest BCUT2D eigenvalue weighted by Crippen LogP contribution is -1.98. The zero-order valence-corrected chi connectivity index (χ0v) is 12.2. The quantitative estimate of drug-likeness (QED) is 0.723. The molecule has 0 atom stereocenters. The average Bonchev–Trinajstić information content (AvgIpc) is 2.71. The molecule has 0 amide bonds. The van der Waals surface area contributed by atoms with Crippen LogP contribution in [0.25, 0.3) is 16.3 Å². The Morgan fingerprint density at radius 1 is 0.800 bits per heavy atom. The summed E-state index contributed by atoms with van der Waals surface area (Å²) in [7, 11) is 0. The molecule has 0 saturated carbocycles. The maximum atomic E-state index is 12.7. The molecule has 1 aliphatic carbocycles. The number of hydrogen-bond acceptors (Lipinski definition) is 1. The third kappa shape index (κ3) is 1.98. The Bertz CT molecular complexity index is 707. The maximum absolute atomic E-state index is 12.7. The molecule has 1 aliphatic rings. The van der Waals surface area contributed by atoms with Gasteiger partial charge in [0.2, 0.25) is 0 Å². The highest BCUT2D eigenvalue weighted by Crippen LogP contribution is 2.39. The summed E-state index contributed by atoms with van der Waals surface area (Å²) in [6.07, 6.45) is 4.02. The summed E-state index contributed by atoms with van der Waals surface area (Å²) < 4.78 is 0. The van der Waals surface area contributed by atoms with Crippen molar-refractivity contribution in [2.24, 2.45) is 0 Å². The second kappa shape index (κ2) is 5.24. The average molecular weight is 264 g/mol. The summed E-state index contributed by atoms with van der Waals surface area (Å²) in [4.78, 5) is 12.7.